The van der Waals surface area contributed by atoms with Crippen molar-refractivity contribution < 1.29 is 4.57 Å². The lowest BCUT2D eigenvalue weighted by atomic mass is 10.1. The summed E-state index contributed by atoms with van der Waals surface area (Å²) in [5.41, 5.74) is 1.41. The maximum absolute atomic E-state index is 3.72. The minimum absolute atomic E-state index is 1.05. The van der Waals surface area contributed by atoms with Crippen molar-refractivity contribution in [2.45, 2.75) is 19.4 Å². The van der Waals surface area contributed by atoms with Crippen LogP contribution in [0.15, 0.2) is 55.6 Å². The van der Waals surface area contributed by atoms with Crippen LogP contribution in [-0.4, -0.2) is 4.57 Å². The Morgan fingerprint density at radius 1 is 1.25 bits per heavy atom. The molecule has 1 aromatic carbocycles. The normalized spacial score (nSPS) is 10.2. The van der Waals surface area contributed by atoms with Crippen molar-refractivity contribution in [1.82, 2.24) is 4.57 Å². The fourth-order valence-corrected chi connectivity index (χ4v) is 1.76. The number of hydrogen-bond donors (Lipinski definition) is 0. The fraction of sp³-hybridized carbons (Fsp3) is 0.214. The smallest absolute Gasteiger partial charge is 0.236 e. The average Bonchev–Trinajstić information content (AvgIpc) is 2.78. The van der Waals surface area contributed by atoms with Gasteiger partial charge in [0.15, 0.2) is 0 Å². The molecule has 0 saturated carbocycles. The molecule has 0 spiro atoms. The molecule has 0 N–H and O–H groups in total. The van der Waals surface area contributed by atoms with Crippen molar-refractivity contribution in [2.75, 3.05) is 0 Å². The largest absolute Gasteiger partial charge is 0.248 e. The highest BCUT2D eigenvalue weighted by atomic mass is 15.1. The highest BCUT2D eigenvalue weighted by molar-refractivity contribution is 5.14. The Morgan fingerprint density at radius 3 is 2.75 bits per heavy atom. The highest BCUT2D eigenvalue weighted by Gasteiger charge is 2.00. The first-order valence-electron chi connectivity index (χ1n) is 5.61. The maximum Gasteiger partial charge on any atom is 0.248 e. The van der Waals surface area contributed by atoms with E-state index in [-0.39, 0.29) is 0 Å². The molecule has 0 bridgehead atoms. The van der Waals surface area contributed by atoms with Gasteiger partial charge in [0.05, 0.1) is 12.7 Å². The molecule has 2 aromatic rings. The molecule has 2 rings (SSSR count). The Morgan fingerprint density at radius 2 is 2.06 bits per heavy atom. The zero-order valence-corrected chi connectivity index (χ0v) is 9.42. The van der Waals surface area contributed by atoms with E-state index in [1.807, 2.05) is 10.8 Å². The second-order valence-electron chi connectivity index (χ2n) is 3.87. The molecule has 0 aliphatic rings. The Bertz CT molecular complexity index is 443. The second kappa shape index (κ2) is 5.31. The van der Waals surface area contributed by atoms with Crippen LogP contribution >= 0.6 is 0 Å². The van der Waals surface area contributed by atoms with E-state index in [4.69, 9.17) is 0 Å². The van der Waals surface area contributed by atoms with E-state index in [0.29, 0.717) is 0 Å². The van der Waals surface area contributed by atoms with Gasteiger partial charge in [-0.05, 0) is 18.4 Å². The second-order valence-corrected chi connectivity index (χ2v) is 3.87. The van der Waals surface area contributed by atoms with Gasteiger partial charge in [-0.1, -0.05) is 36.9 Å². The van der Waals surface area contributed by atoms with Crippen LogP contribution in [0.4, 0.5) is 0 Å². The Balaban J connectivity index is 1.82. The highest BCUT2D eigenvalue weighted by Crippen LogP contribution is 2.01. The number of aromatic nitrogens is 2. The minimum atomic E-state index is 1.05. The summed E-state index contributed by atoms with van der Waals surface area (Å²) in [5.74, 6) is 0. The van der Waals surface area contributed by atoms with Crippen LogP contribution in [0.2, 0.25) is 0 Å². The van der Waals surface area contributed by atoms with E-state index in [9.17, 15) is 0 Å². The molecule has 0 aliphatic heterocycles. The first-order valence-corrected chi connectivity index (χ1v) is 5.61. The van der Waals surface area contributed by atoms with Crippen LogP contribution in [0.1, 0.15) is 12.0 Å². The molecule has 0 amide bonds. The van der Waals surface area contributed by atoms with Crippen molar-refractivity contribution in [2.24, 2.45) is 0 Å². The van der Waals surface area contributed by atoms with Crippen LogP contribution in [0.3, 0.4) is 0 Å². The van der Waals surface area contributed by atoms with E-state index >= 15 is 0 Å². The molecule has 0 fully saturated rings. The summed E-state index contributed by atoms with van der Waals surface area (Å²) in [6, 6.07) is 10.6. The zero-order valence-electron chi connectivity index (χ0n) is 9.42. The lowest BCUT2D eigenvalue weighted by molar-refractivity contribution is -0.696. The van der Waals surface area contributed by atoms with Gasteiger partial charge in [-0.2, -0.15) is 0 Å². The van der Waals surface area contributed by atoms with Crippen LogP contribution in [-0.2, 0) is 13.0 Å². The Kier molecular flexibility index (Phi) is 3.54. The van der Waals surface area contributed by atoms with Crippen molar-refractivity contribution in [3.8, 4) is 0 Å². The molecule has 16 heavy (non-hydrogen) atoms. The number of benzene rings is 1. The molecule has 2 nitrogen and oxygen atoms in total. The summed E-state index contributed by atoms with van der Waals surface area (Å²) in [5, 5.41) is 0. The molecule has 2 heteroatoms. The lowest BCUT2D eigenvalue weighted by Crippen LogP contribution is -2.30. The predicted octanol–water partition coefficient (Wildman–Crippen LogP) is 2.51. The number of imidazole rings is 1. The third-order valence-corrected chi connectivity index (χ3v) is 2.65. The summed E-state index contributed by atoms with van der Waals surface area (Å²) in [7, 11) is 0. The van der Waals surface area contributed by atoms with Crippen LogP contribution in [0.25, 0.3) is 6.20 Å². The fourth-order valence-electron chi connectivity index (χ4n) is 1.76. The van der Waals surface area contributed by atoms with Crippen molar-refractivity contribution in [3.63, 3.8) is 0 Å². The van der Waals surface area contributed by atoms with Gasteiger partial charge in [-0.25, -0.2) is 9.13 Å². The first kappa shape index (κ1) is 10.7. The van der Waals surface area contributed by atoms with Gasteiger partial charge >= 0.3 is 0 Å². The Hall–Kier alpha value is -1.83. The zero-order chi connectivity index (χ0) is 11.2. The predicted molar refractivity (Wildman–Crippen MR) is 65.8 cm³/mol. The molecular formula is C14H17N2+. The lowest BCUT2D eigenvalue weighted by Gasteiger charge is -1.98. The van der Waals surface area contributed by atoms with Crippen LogP contribution in [0.5, 0.6) is 0 Å². The monoisotopic (exact) mass is 213 g/mol. The van der Waals surface area contributed by atoms with E-state index in [1.165, 1.54) is 5.56 Å². The van der Waals surface area contributed by atoms with E-state index < -0.39 is 0 Å². The molecule has 0 saturated heterocycles. The SMILES string of the molecule is C=Cn1cc[n+](CCCc2ccccc2)c1. The summed E-state index contributed by atoms with van der Waals surface area (Å²) < 4.78 is 4.15. The number of hydrogen-bond acceptors (Lipinski definition) is 0. The molecule has 0 radical (unpaired) electrons. The maximum atomic E-state index is 3.72. The van der Waals surface area contributed by atoms with Gasteiger partial charge in [0.25, 0.3) is 0 Å². The van der Waals surface area contributed by atoms with Gasteiger partial charge in [-0.3, -0.25) is 0 Å². The standard InChI is InChI=1S/C14H17N2/c1-2-15-11-12-16(13-15)10-6-9-14-7-4-3-5-8-14/h2-5,7-8,11-13H,1,6,9-10H2/q+1. The van der Waals surface area contributed by atoms with Crippen molar-refractivity contribution in [3.05, 3.63) is 61.2 Å². The first-order chi connectivity index (χ1) is 7.88. The molecule has 82 valence electrons. The topological polar surface area (TPSA) is 8.81 Å². The quantitative estimate of drug-likeness (QED) is 0.675. The average molecular weight is 213 g/mol. The van der Waals surface area contributed by atoms with E-state index in [2.05, 4.69) is 54.0 Å². The Labute approximate surface area is 96.5 Å². The van der Waals surface area contributed by atoms with Crippen molar-refractivity contribution in [1.29, 1.82) is 0 Å². The summed E-state index contributed by atoms with van der Waals surface area (Å²) >= 11 is 0. The van der Waals surface area contributed by atoms with Crippen LogP contribution < -0.4 is 4.57 Å². The molecule has 1 heterocycles. The molecular weight excluding hydrogens is 196 g/mol. The van der Waals surface area contributed by atoms with Crippen LogP contribution in [0, 0.1) is 0 Å². The molecule has 0 aliphatic carbocycles. The van der Waals surface area contributed by atoms with Gasteiger partial charge in [0.1, 0.15) is 12.4 Å². The molecule has 1 aromatic heterocycles. The van der Waals surface area contributed by atoms with E-state index in [1.54, 1.807) is 6.20 Å². The van der Waals surface area contributed by atoms with E-state index in [0.717, 1.165) is 19.4 Å². The van der Waals surface area contributed by atoms with Gasteiger partial charge in [-0.15, -0.1) is 0 Å². The number of rotatable bonds is 5. The summed E-state index contributed by atoms with van der Waals surface area (Å²) in [6.07, 6.45) is 10.2. The molecule has 0 atom stereocenters. The number of nitrogens with zero attached hydrogens (tertiary/aromatic N) is 2. The third-order valence-electron chi connectivity index (χ3n) is 2.65. The minimum Gasteiger partial charge on any atom is -0.236 e. The summed E-state index contributed by atoms with van der Waals surface area (Å²) in [4.78, 5) is 0. The van der Waals surface area contributed by atoms with Gasteiger partial charge < -0.3 is 0 Å². The summed E-state index contributed by atoms with van der Waals surface area (Å²) in [6.45, 7) is 4.77. The van der Waals surface area contributed by atoms with Gasteiger partial charge in [0, 0.05) is 0 Å². The number of aryl methyl sites for hydroxylation is 2. The molecule has 0 unspecified atom stereocenters. The van der Waals surface area contributed by atoms with Gasteiger partial charge in [0.2, 0.25) is 6.33 Å². The van der Waals surface area contributed by atoms with Crippen molar-refractivity contribution >= 4 is 6.20 Å². The third kappa shape index (κ3) is 2.83.